The maximum Gasteiger partial charge on any atom is 0.129 e. The number of aromatic nitrogens is 1. The van der Waals surface area contributed by atoms with Gasteiger partial charge in [-0.25, -0.2) is 0 Å². The summed E-state index contributed by atoms with van der Waals surface area (Å²) in [6.45, 7) is 2.15. The topological polar surface area (TPSA) is 22.1 Å². The third-order valence-electron chi connectivity index (χ3n) is 2.16. The summed E-state index contributed by atoms with van der Waals surface area (Å²) in [4.78, 5) is 0. The second kappa shape index (κ2) is 3.34. The number of hydrogen-bond donors (Lipinski definition) is 0. The van der Waals surface area contributed by atoms with Crippen LogP contribution in [0, 0.1) is 0 Å². The first kappa shape index (κ1) is 8.51. The molecule has 0 fully saturated rings. The van der Waals surface area contributed by atoms with Crippen LogP contribution in [0.25, 0.3) is 10.1 Å². The minimum absolute atomic E-state index is 0.918. The van der Waals surface area contributed by atoms with Crippen LogP contribution < -0.4 is 4.74 Å². The monoisotopic (exact) mass is 193 g/mol. The molecule has 1 heterocycles. The lowest BCUT2D eigenvalue weighted by atomic mass is 10.1. The molecule has 68 valence electrons. The Morgan fingerprint density at radius 1 is 1.46 bits per heavy atom. The Labute approximate surface area is 81.3 Å². The molecule has 0 amide bonds. The Hall–Kier alpha value is -1.09. The Morgan fingerprint density at radius 3 is 3.00 bits per heavy atom. The van der Waals surface area contributed by atoms with E-state index in [2.05, 4.69) is 17.4 Å². The minimum Gasteiger partial charge on any atom is -0.496 e. The van der Waals surface area contributed by atoms with E-state index in [-0.39, 0.29) is 0 Å². The third kappa shape index (κ3) is 1.29. The molecule has 0 saturated heterocycles. The molecular formula is C10H11NOS. The molecule has 3 heteroatoms. The van der Waals surface area contributed by atoms with Crippen molar-refractivity contribution < 1.29 is 4.74 Å². The Morgan fingerprint density at radius 2 is 2.31 bits per heavy atom. The fourth-order valence-electron chi connectivity index (χ4n) is 1.44. The van der Waals surface area contributed by atoms with Crippen molar-refractivity contribution >= 4 is 21.6 Å². The van der Waals surface area contributed by atoms with Gasteiger partial charge in [-0.15, -0.1) is 0 Å². The number of methoxy groups -OCH3 is 1. The summed E-state index contributed by atoms with van der Waals surface area (Å²) >= 11 is 1.54. The van der Waals surface area contributed by atoms with E-state index < -0.39 is 0 Å². The first-order valence-corrected chi connectivity index (χ1v) is 5.04. The quantitative estimate of drug-likeness (QED) is 0.731. The zero-order valence-electron chi connectivity index (χ0n) is 7.70. The van der Waals surface area contributed by atoms with Gasteiger partial charge < -0.3 is 4.74 Å². The van der Waals surface area contributed by atoms with E-state index in [1.54, 1.807) is 7.11 Å². The Bertz CT molecular complexity index is 384. The van der Waals surface area contributed by atoms with Crippen molar-refractivity contribution in [3.8, 4) is 5.75 Å². The number of hydrogen-bond acceptors (Lipinski definition) is 3. The summed E-state index contributed by atoms with van der Waals surface area (Å²) in [5.74, 6) is 0.918. The molecule has 0 N–H and O–H groups in total. The average molecular weight is 193 g/mol. The van der Waals surface area contributed by atoms with E-state index >= 15 is 0 Å². The highest BCUT2D eigenvalue weighted by Crippen LogP contribution is 2.30. The van der Waals surface area contributed by atoms with E-state index in [4.69, 9.17) is 4.74 Å². The summed E-state index contributed by atoms with van der Waals surface area (Å²) < 4.78 is 10.7. The van der Waals surface area contributed by atoms with Crippen LogP contribution in [0.1, 0.15) is 12.5 Å². The molecule has 1 aromatic heterocycles. The van der Waals surface area contributed by atoms with Gasteiger partial charge in [-0.2, -0.15) is 4.37 Å². The average Bonchev–Trinajstić information content (AvgIpc) is 2.64. The van der Waals surface area contributed by atoms with Crippen molar-refractivity contribution in [1.82, 2.24) is 4.37 Å². The SMILES string of the molecule is CCc1ccc(OC)c2cnsc12. The minimum atomic E-state index is 0.918. The zero-order chi connectivity index (χ0) is 9.26. The van der Waals surface area contributed by atoms with E-state index in [1.165, 1.54) is 21.8 Å². The van der Waals surface area contributed by atoms with Crippen LogP contribution in [0.4, 0.5) is 0 Å². The highest BCUT2D eigenvalue weighted by molar-refractivity contribution is 7.13. The number of fused-ring (bicyclic) bond motifs is 1. The molecule has 2 rings (SSSR count). The van der Waals surface area contributed by atoms with Gasteiger partial charge in [0.05, 0.1) is 23.4 Å². The molecule has 0 atom stereocenters. The van der Waals surface area contributed by atoms with Gasteiger partial charge in [0.25, 0.3) is 0 Å². The lowest BCUT2D eigenvalue weighted by Gasteiger charge is -2.03. The summed E-state index contributed by atoms with van der Waals surface area (Å²) in [7, 11) is 1.69. The largest absolute Gasteiger partial charge is 0.496 e. The van der Waals surface area contributed by atoms with Gasteiger partial charge in [-0.3, -0.25) is 0 Å². The maximum atomic E-state index is 5.25. The fraction of sp³-hybridized carbons (Fsp3) is 0.300. The summed E-state index contributed by atoms with van der Waals surface area (Å²) in [6, 6.07) is 4.12. The van der Waals surface area contributed by atoms with Gasteiger partial charge in [0.15, 0.2) is 0 Å². The van der Waals surface area contributed by atoms with Gasteiger partial charge in [-0.05, 0) is 29.6 Å². The predicted octanol–water partition coefficient (Wildman–Crippen LogP) is 2.87. The fourth-order valence-corrected chi connectivity index (χ4v) is 2.29. The second-order valence-electron chi connectivity index (χ2n) is 2.85. The molecule has 0 bridgehead atoms. The predicted molar refractivity (Wildman–Crippen MR) is 55.6 cm³/mol. The Balaban J connectivity index is 2.74. The third-order valence-corrected chi connectivity index (χ3v) is 3.04. The molecule has 2 nitrogen and oxygen atoms in total. The molecule has 2 aromatic rings. The van der Waals surface area contributed by atoms with Crippen molar-refractivity contribution in [3.05, 3.63) is 23.9 Å². The standard InChI is InChI=1S/C10H11NOS/c1-3-7-4-5-9(12-2)8-6-11-13-10(7)8/h4-6H,3H2,1-2H3. The number of rotatable bonds is 2. The van der Waals surface area contributed by atoms with Crippen LogP contribution in [-0.4, -0.2) is 11.5 Å². The van der Waals surface area contributed by atoms with Crippen LogP contribution in [-0.2, 0) is 6.42 Å². The van der Waals surface area contributed by atoms with Crippen LogP contribution in [0.2, 0.25) is 0 Å². The molecule has 0 aliphatic heterocycles. The van der Waals surface area contributed by atoms with E-state index in [0.717, 1.165) is 17.6 Å². The molecule has 1 aromatic carbocycles. The first-order chi connectivity index (χ1) is 6.36. The smallest absolute Gasteiger partial charge is 0.129 e. The van der Waals surface area contributed by atoms with Crippen molar-refractivity contribution in [3.63, 3.8) is 0 Å². The van der Waals surface area contributed by atoms with Crippen LogP contribution >= 0.6 is 11.5 Å². The Kier molecular flexibility index (Phi) is 2.19. The lowest BCUT2D eigenvalue weighted by Crippen LogP contribution is -1.85. The van der Waals surface area contributed by atoms with E-state index in [1.807, 2.05) is 12.3 Å². The van der Waals surface area contributed by atoms with Gasteiger partial charge in [0.2, 0.25) is 0 Å². The van der Waals surface area contributed by atoms with E-state index in [0.29, 0.717) is 0 Å². The van der Waals surface area contributed by atoms with Gasteiger partial charge in [-0.1, -0.05) is 13.0 Å². The van der Waals surface area contributed by atoms with Gasteiger partial charge in [0.1, 0.15) is 5.75 Å². The summed E-state index contributed by atoms with van der Waals surface area (Å²) in [6.07, 6.45) is 2.92. The number of ether oxygens (including phenoxy) is 1. The van der Waals surface area contributed by atoms with Gasteiger partial charge >= 0.3 is 0 Å². The molecule has 13 heavy (non-hydrogen) atoms. The van der Waals surface area contributed by atoms with Crippen molar-refractivity contribution in [1.29, 1.82) is 0 Å². The molecule has 0 aliphatic rings. The zero-order valence-corrected chi connectivity index (χ0v) is 8.52. The molecular weight excluding hydrogens is 182 g/mol. The second-order valence-corrected chi connectivity index (χ2v) is 3.65. The summed E-state index contributed by atoms with van der Waals surface area (Å²) in [5, 5.41) is 1.13. The van der Waals surface area contributed by atoms with E-state index in [9.17, 15) is 0 Å². The molecule has 0 spiro atoms. The van der Waals surface area contributed by atoms with Crippen molar-refractivity contribution in [2.75, 3.05) is 7.11 Å². The molecule has 0 aliphatic carbocycles. The van der Waals surface area contributed by atoms with Gasteiger partial charge in [0, 0.05) is 0 Å². The highest BCUT2D eigenvalue weighted by atomic mass is 32.1. The van der Waals surface area contributed by atoms with Crippen LogP contribution in [0.5, 0.6) is 5.75 Å². The normalized spacial score (nSPS) is 10.6. The number of nitrogens with zero attached hydrogens (tertiary/aromatic N) is 1. The number of benzene rings is 1. The highest BCUT2D eigenvalue weighted by Gasteiger charge is 2.06. The van der Waals surface area contributed by atoms with Crippen molar-refractivity contribution in [2.24, 2.45) is 0 Å². The van der Waals surface area contributed by atoms with Crippen LogP contribution in [0.3, 0.4) is 0 Å². The lowest BCUT2D eigenvalue weighted by molar-refractivity contribution is 0.420. The van der Waals surface area contributed by atoms with Crippen molar-refractivity contribution in [2.45, 2.75) is 13.3 Å². The summed E-state index contributed by atoms with van der Waals surface area (Å²) in [5.41, 5.74) is 1.35. The first-order valence-electron chi connectivity index (χ1n) is 4.27. The molecule has 0 unspecified atom stereocenters. The van der Waals surface area contributed by atoms with Crippen LogP contribution in [0.15, 0.2) is 18.3 Å². The molecule has 0 saturated carbocycles. The molecule has 0 radical (unpaired) electrons. The maximum absolute atomic E-state index is 5.25. The number of aryl methyl sites for hydroxylation is 1.